The first-order chi connectivity index (χ1) is 14.2. The fraction of sp³-hybridized carbons (Fsp3) is 0.211. The van der Waals surface area contributed by atoms with Crippen molar-refractivity contribution in [2.75, 3.05) is 21.3 Å². The quantitative estimate of drug-likeness (QED) is 0.397. The normalized spacial score (nSPS) is 11.3. The van der Waals surface area contributed by atoms with Gasteiger partial charge in [0, 0.05) is 22.2 Å². The number of rotatable bonds is 7. The van der Waals surface area contributed by atoms with Crippen LogP contribution in [0.15, 0.2) is 46.1 Å². The largest absolute Gasteiger partial charge is 0.497 e. The van der Waals surface area contributed by atoms with Gasteiger partial charge in [0.15, 0.2) is 15.6 Å². The zero-order valence-corrected chi connectivity index (χ0v) is 17.8. The van der Waals surface area contributed by atoms with Crippen molar-refractivity contribution in [3.8, 4) is 17.2 Å². The molecule has 0 saturated heterocycles. The third-order valence-corrected chi connectivity index (χ3v) is 7.12. The van der Waals surface area contributed by atoms with E-state index in [0.29, 0.717) is 21.6 Å². The molecular weight excluding hydrogens is 434 g/mol. The van der Waals surface area contributed by atoms with Gasteiger partial charge in [0.25, 0.3) is 4.74 Å². The van der Waals surface area contributed by atoms with Crippen LogP contribution in [-0.4, -0.2) is 34.7 Å². The maximum Gasteiger partial charge on any atom is 0.311 e. The molecular formula is C19H17NO8S2. The zero-order valence-electron chi connectivity index (χ0n) is 16.2. The predicted octanol–water partition coefficient (Wildman–Crippen LogP) is 3.17. The Hall–Kier alpha value is -3.18. The Morgan fingerprint density at radius 1 is 1.00 bits per heavy atom. The number of nitro groups is 1. The number of ether oxygens (including phenoxy) is 3. The summed E-state index contributed by atoms with van der Waals surface area (Å²) >= 11 is 0.756. The lowest BCUT2D eigenvalue weighted by Gasteiger charge is -2.10. The minimum Gasteiger partial charge on any atom is -0.497 e. The van der Waals surface area contributed by atoms with Gasteiger partial charge in [-0.25, -0.2) is 8.42 Å². The molecule has 3 aromatic rings. The number of nitrogens with zero attached hydrogens (tertiary/aromatic N) is 1. The highest BCUT2D eigenvalue weighted by molar-refractivity contribution is 7.90. The van der Waals surface area contributed by atoms with Crippen LogP contribution in [0.3, 0.4) is 0 Å². The number of hydrogen-bond acceptors (Lipinski definition) is 9. The van der Waals surface area contributed by atoms with Gasteiger partial charge in [-0.3, -0.25) is 14.9 Å². The molecule has 1 aromatic heterocycles. The van der Waals surface area contributed by atoms with E-state index in [1.807, 2.05) is 0 Å². The van der Waals surface area contributed by atoms with Crippen molar-refractivity contribution in [1.29, 1.82) is 0 Å². The van der Waals surface area contributed by atoms with Crippen molar-refractivity contribution in [2.45, 2.75) is 10.6 Å². The first-order valence-corrected chi connectivity index (χ1v) is 10.9. The Morgan fingerprint density at radius 2 is 1.70 bits per heavy atom. The molecule has 0 saturated carbocycles. The molecule has 0 spiro atoms. The van der Waals surface area contributed by atoms with Gasteiger partial charge in [0.1, 0.15) is 16.4 Å². The number of methoxy groups -OCH3 is 3. The van der Waals surface area contributed by atoms with E-state index in [0.717, 1.165) is 17.4 Å². The average Bonchev–Trinajstić information content (AvgIpc) is 2.71. The summed E-state index contributed by atoms with van der Waals surface area (Å²) in [6, 6.07) is 8.32. The standard InChI is InChI=1S/C19H17NO8S2/c1-26-12-7-16(28-3)13-9-18(19(21)29-17(13)8-12)30(24,25)10-11-4-5-15(27-2)14(6-11)20(22)23/h4-9H,10H2,1-3H3. The summed E-state index contributed by atoms with van der Waals surface area (Å²) in [4.78, 5) is 22.7. The highest BCUT2D eigenvalue weighted by atomic mass is 32.2. The van der Waals surface area contributed by atoms with Crippen LogP contribution in [0.1, 0.15) is 5.56 Å². The summed E-state index contributed by atoms with van der Waals surface area (Å²) in [5.74, 6) is 0.259. The molecule has 11 heteroatoms. The molecule has 3 rings (SSSR count). The molecule has 0 amide bonds. The van der Waals surface area contributed by atoms with Gasteiger partial charge in [0.2, 0.25) is 0 Å². The lowest BCUT2D eigenvalue weighted by atomic mass is 10.2. The van der Waals surface area contributed by atoms with Gasteiger partial charge in [-0.05, 0) is 23.8 Å². The molecule has 0 unspecified atom stereocenters. The minimum absolute atomic E-state index is 0.0114. The summed E-state index contributed by atoms with van der Waals surface area (Å²) in [7, 11) is 0.0824. The van der Waals surface area contributed by atoms with Crippen LogP contribution < -0.4 is 19.0 Å². The Balaban J connectivity index is 2.10. The highest BCUT2D eigenvalue weighted by Crippen LogP contribution is 2.34. The van der Waals surface area contributed by atoms with Crippen molar-refractivity contribution in [3.63, 3.8) is 0 Å². The van der Waals surface area contributed by atoms with Crippen LogP contribution in [0.4, 0.5) is 5.69 Å². The molecule has 0 N–H and O–H groups in total. The summed E-state index contributed by atoms with van der Waals surface area (Å²) < 4.78 is 41.2. The third-order valence-electron chi connectivity index (χ3n) is 4.34. The van der Waals surface area contributed by atoms with E-state index in [1.165, 1.54) is 39.5 Å². The topological polar surface area (TPSA) is 122 Å². The van der Waals surface area contributed by atoms with Crippen LogP contribution in [0, 0.1) is 10.1 Å². The number of nitro benzene ring substituents is 1. The van der Waals surface area contributed by atoms with Crippen molar-refractivity contribution in [3.05, 3.63) is 61.6 Å². The highest BCUT2D eigenvalue weighted by Gasteiger charge is 2.24. The molecule has 0 bridgehead atoms. The molecule has 158 valence electrons. The van der Waals surface area contributed by atoms with Crippen LogP contribution in [0.2, 0.25) is 0 Å². The SMILES string of the molecule is COc1cc(OC)c2cc(S(=O)(=O)Cc3ccc(OC)c([N+](=O)[O-])c3)c(=O)sc2c1. The Bertz CT molecular complexity index is 1300. The van der Waals surface area contributed by atoms with Crippen LogP contribution in [-0.2, 0) is 15.6 Å². The van der Waals surface area contributed by atoms with Crippen molar-refractivity contribution >= 4 is 36.9 Å². The molecule has 0 aliphatic rings. The van der Waals surface area contributed by atoms with Crippen LogP contribution >= 0.6 is 11.3 Å². The second kappa shape index (κ2) is 8.28. The van der Waals surface area contributed by atoms with E-state index >= 15 is 0 Å². The van der Waals surface area contributed by atoms with E-state index in [-0.39, 0.29) is 17.0 Å². The van der Waals surface area contributed by atoms with Gasteiger partial charge in [-0.15, -0.1) is 0 Å². The molecule has 0 fully saturated rings. The molecule has 0 atom stereocenters. The van der Waals surface area contributed by atoms with Crippen LogP contribution in [0.5, 0.6) is 17.2 Å². The van der Waals surface area contributed by atoms with Gasteiger partial charge >= 0.3 is 5.69 Å². The van der Waals surface area contributed by atoms with Gasteiger partial charge in [-0.1, -0.05) is 17.4 Å². The van der Waals surface area contributed by atoms with E-state index in [1.54, 1.807) is 12.1 Å². The first-order valence-electron chi connectivity index (χ1n) is 8.44. The molecule has 0 aliphatic heterocycles. The van der Waals surface area contributed by atoms with E-state index < -0.39 is 30.2 Å². The fourth-order valence-corrected chi connectivity index (χ4v) is 5.55. The monoisotopic (exact) mass is 451 g/mol. The molecule has 0 radical (unpaired) electrons. The van der Waals surface area contributed by atoms with E-state index in [9.17, 15) is 23.3 Å². The summed E-state index contributed by atoms with van der Waals surface area (Å²) in [5.41, 5.74) is -0.198. The Kier molecular flexibility index (Phi) is 5.94. The van der Waals surface area contributed by atoms with E-state index in [2.05, 4.69) is 0 Å². The lowest BCUT2D eigenvalue weighted by Crippen LogP contribution is -2.14. The maximum absolute atomic E-state index is 13.0. The predicted molar refractivity (Wildman–Crippen MR) is 112 cm³/mol. The van der Waals surface area contributed by atoms with E-state index in [4.69, 9.17) is 14.2 Å². The lowest BCUT2D eigenvalue weighted by molar-refractivity contribution is -0.385. The van der Waals surface area contributed by atoms with Crippen LogP contribution in [0.25, 0.3) is 10.1 Å². The first kappa shape index (κ1) is 21.5. The molecule has 9 nitrogen and oxygen atoms in total. The summed E-state index contributed by atoms with van der Waals surface area (Å²) in [5, 5.41) is 11.6. The van der Waals surface area contributed by atoms with Gasteiger partial charge < -0.3 is 14.2 Å². The zero-order chi connectivity index (χ0) is 22.1. The Labute approximate surface area is 175 Å². The number of sulfone groups is 1. The molecule has 0 aliphatic carbocycles. The third kappa shape index (κ3) is 4.07. The molecule has 2 aromatic carbocycles. The van der Waals surface area contributed by atoms with Crippen molar-refractivity contribution < 1.29 is 27.6 Å². The Morgan fingerprint density at radius 3 is 2.30 bits per heavy atom. The summed E-state index contributed by atoms with van der Waals surface area (Å²) in [6.45, 7) is 0. The number of fused-ring (bicyclic) bond motifs is 1. The number of benzene rings is 2. The summed E-state index contributed by atoms with van der Waals surface area (Å²) in [6.07, 6.45) is 0. The smallest absolute Gasteiger partial charge is 0.311 e. The van der Waals surface area contributed by atoms with Gasteiger partial charge in [-0.2, -0.15) is 0 Å². The van der Waals surface area contributed by atoms with Crippen molar-refractivity contribution in [2.24, 2.45) is 0 Å². The molecule has 30 heavy (non-hydrogen) atoms. The minimum atomic E-state index is -4.09. The number of hydrogen-bond donors (Lipinski definition) is 0. The second-order valence-corrected chi connectivity index (χ2v) is 9.13. The average molecular weight is 451 g/mol. The fourth-order valence-electron chi connectivity index (χ4n) is 2.91. The van der Waals surface area contributed by atoms with Crippen molar-refractivity contribution in [1.82, 2.24) is 0 Å². The van der Waals surface area contributed by atoms with Gasteiger partial charge in [0.05, 0.1) is 32.0 Å². The second-order valence-electron chi connectivity index (χ2n) is 6.16. The maximum atomic E-state index is 13.0. The molecule has 1 heterocycles.